The Labute approximate surface area is 157 Å². The van der Waals surface area contributed by atoms with Gasteiger partial charge in [-0.05, 0) is 36.8 Å². The van der Waals surface area contributed by atoms with Crippen LogP contribution in [0.4, 0.5) is 5.69 Å². The van der Waals surface area contributed by atoms with Crippen LogP contribution in [0.2, 0.25) is 0 Å². The number of hydrogen-bond donors (Lipinski definition) is 1. The maximum absolute atomic E-state index is 12.4. The average Bonchev–Trinajstić information content (AvgIpc) is 3.29. The first kappa shape index (κ1) is 17.3. The minimum Gasteiger partial charge on any atom is -0.356 e. The van der Waals surface area contributed by atoms with E-state index in [1.54, 1.807) is 11.1 Å². The van der Waals surface area contributed by atoms with Crippen molar-refractivity contribution in [3.8, 4) is 0 Å². The zero-order valence-electron chi connectivity index (χ0n) is 15.0. The monoisotopic (exact) mass is 362 g/mol. The number of nitrogens with one attached hydrogen (secondary N) is 1. The second-order valence-electron chi connectivity index (χ2n) is 6.81. The lowest BCUT2D eigenvalue weighted by Crippen LogP contribution is -2.33. The minimum absolute atomic E-state index is 0.00577. The summed E-state index contributed by atoms with van der Waals surface area (Å²) in [6.07, 6.45) is 4.89. The van der Waals surface area contributed by atoms with Gasteiger partial charge in [-0.25, -0.2) is 4.98 Å². The average molecular weight is 362 g/mol. The molecule has 2 amide bonds. The largest absolute Gasteiger partial charge is 0.356 e. The van der Waals surface area contributed by atoms with Crippen LogP contribution in [-0.4, -0.2) is 34.5 Å². The molecule has 0 saturated carbocycles. The van der Waals surface area contributed by atoms with E-state index in [2.05, 4.69) is 14.9 Å². The Morgan fingerprint density at radius 2 is 2.00 bits per heavy atom. The van der Waals surface area contributed by atoms with Crippen LogP contribution in [0.3, 0.4) is 0 Å². The molecule has 1 N–H and O–H groups in total. The van der Waals surface area contributed by atoms with Gasteiger partial charge in [0.1, 0.15) is 5.65 Å². The summed E-state index contributed by atoms with van der Waals surface area (Å²) in [7, 11) is 0. The van der Waals surface area contributed by atoms with Crippen molar-refractivity contribution >= 4 is 28.5 Å². The van der Waals surface area contributed by atoms with E-state index in [4.69, 9.17) is 0 Å². The van der Waals surface area contributed by atoms with Crippen molar-refractivity contribution in [2.24, 2.45) is 5.92 Å². The zero-order valence-corrected chi connectivity index (χ0v) is 15.0. The van der Waals surface area contributed by atoms with E-state index in [9.17, 15) is 9.59 Å². The third-order valence-electron chi connectivity index (χ3n) is 4.96. The molecule has 0 radical (unpaired) electrons. The Morgan fingerprint density at radius 1 is 1.15 bits per heavy atom. The summed E-state index contributed by atoms with van der Waals surface area (Å²) in [5.74, 6) is -0.324. The molecule has 6 nitrogen and oxygen atoms in total. The summed E-state index contributed by atoms with van der Waals surface area (Å²) in [4.78, 5) is 30.8. The van der Waals surface area contributed by atoms with Crippen molar-refractivity contribution in [3.05, 3.63) is 60.9 Å². The molecular weight excluding hydrogens is 340 g/mol. The van der Waals surface area contributed by atoms with Gasteiger partial charge >= 0.3 is 0 Å². The number of aryl methyl sites for hydroxylation is 1. The topological polar surface area (TPSA) is 67.2 Å². The van der Waals surface area contributed by atoms with Gasteiger partial charge in [-0.3, -0.25) is 9.59 Å². The number of carbonyl (C=O) groups excluding carboxylic acids is 2. The van der Waals surface area contributed by atoms with Crippen molar-refractivity contribution in [1.82, 2.24) is 14.9 Å². The van der Waals surface area contributed by atoms with Crippen molar-refractivity contribution in [1.29, 1.82) is 0 Å². The van der Waals surface area contributed by atoms with Gasteiger partial charge in [0, 0.05) is 49.5 Å². The van der Waals surface area contributed by atoms with E-state index >= 15 is 0 Å². The summed E-state index contributed by atoms with van der Waals surface area (Å²) in [5, 5.41) is 4.09. The molecule has 3 aromatic rings. The SMILES string of the molecule is O=C(NCCCn1ccc2cccnc21)C1CC(=O)N(c2ccccc2)C1. The van der Waals surface area contributed by atoms with E-state index in [1.807, 2.05) is 54.7 Å². The van der Waals surface area contributed by atoms with Crippen LogP contribution in [0.25, 0.3) is 11.0 Å². The molecule has 1 aliphatic heterocycles. The second kappa shape index (κ2) is 7.61. The smallest absolute Gasteiger partial charge is 0.227 e. The lowest BCUT2D eigenvalue weighted by Gasteiger charge is -2.16. The van der Waals surface area contributed by atoms with Gasteiger partial charge in [0.05, 0.1) is 5.92 Å². The fraction of sp³-hybridized carbons (Fsp3) is 0.286. The molecule has 4 rings (SSSR count). The van der Waals surface area contributed by atoms with Crippen molar-refractivity contribution in [2.45, 2.75) is 19.4 Å². The van der Waals surface area contributed by atoms with Crippen molar-refractivity contribution < 1.29 is 9.59 Å². The van der Waals surface area contributed by atoms with Crippen LogP contribution in [0, 0.1) is 5.92 Å². The quantitative estimate of drug-likeness (QED) is 0.686. The molecule has 1 fully saturated rings. The number of anilines is 1. The number of rotatable bonds is 6. The number of hydrogen-bond acceptors (Lipinski definition) is 3. The highest BCUT2D eigenvalue weighted by Crippen LogP contribution is 2.24. The van der Waals surface area contributed by atoms with Gasteiger partial charge < -0.3 is 14.8 Å². The summed E-state index contributed by atoms with van der Waals surface area (Å²) in [6.45, 7) is 1.82. The maximum Gasteiger partial charge on any atom is 0.227 e. The Morgan fingerprint density at radius 3 is 2.85 bits per heavy atom. The van der Waals surface area contributed by atoms with Gasteiger partial charge in [-0.15, -0.1) is 0 Å². The molecule has 2 aromatic heterocycles. The van der Waals surface area contributed by atoms with Crippen molar-refractivity contribution in [3.63, 3.8) is 0 Å². The maximum atomic E-state index is 12.4. The number of para-hydroxylation sites is 1. The molecule has 1 atom stereocenters. The molecule has 3 heterocycles. The van der Waals surface area contributed by atoms with Crippen LogP contribution in [0.15, 0.2) is 60.9 Å². The first-order valence-electron chi connectivity index (χ1n) is 9.25. The number of pyridine rings is 1. The molecule has 1 saturated heterocycles. The van der Waals surface area contributed by atoms with Crippen molar-refractivity contribution in [2.75, 3.05) is 18.0 Å². The fourth-order valence-electron chi connectivity index (χ4n) is 3.55. The second-order valence-corrected chi connectivity index (χ2v) is 6.81. The minimum atomic E-state index is -0.285. The van der Waals surface area contributed by atoms with E-state index in [0.29, 0.717) is 13.1 Å². The van der Waals surface area contributed by atoms with E-state index in [1.165, 1.54) is 0 Å². The van der Waals surface area contributed by atoms with Crippen LogP contribution in [-0.2, 0) is 16.1 Å². The zero-order chi connectivity index (χ0) is 18.6. The molecule has 27 heavy (non-hydrogen) atoms. The number of aromatic nitrogens is 2. The predicted molar refractivity (Wildman–Crippen MR) is 104 cm³/mol. The summed E-state index contributed by atoms with van der Waals surface area (Å²) >= 11 is 0. The van der Waals surface area contributed by atoms with Gasteiger partial charge in [0.15, 0.2) is 0 Å². The highest BCUT2D eigenvalue weighted by Gasteiger charge is 2.34. The Kier molecular flexibility index (Phi) is 4.87. The number of amides is 2. The van der Waals surface area contributed by atoms with Gasteiger partial charge in [0.25, 0.3) is 0 Å². The molecule has 0 spiro atoms. The lowest BCUT2D eigenvalue weighted by atomic mass is 10.1. The van der Waals surface area contributed by atoms with E-state index < -0.39 is 0 Å². The third kappa shape index (κ3) is 3.69. The molecule has 0 aliphatic carbocycles. The first-order valence-corrected chi connectivity index (χ1v) is 9.25. The normalized spacial score (nSPS) is 16.8. The summed E-state index contributed by atoms with van der Waals surface area (Å²) in [5.41, 5.74) is 1.81. The molecule has 1 aromatic carbocycles. The molecular formula is C21H22N4O2. The highest BCUT2D eigenvalue weighted by molar-refractivity contribution is 6.00. The highest BCUT2D eigenvalue weighted by atomic mass is 16.2. The number of fused-ring (bicyclic) bond motifs is 1. The van der Waals surface area contributed by atoms with Gasteiger partial charge in [0.2, 0.25) is 11.8 Å². The third-order valence-corrected chi connectivity index (χ3v) is 4.96. The number of benzene rings is 1. The Balaban J connectivity index is 1.27. The Bertz CT molecular complexity index is 951. The summed E-state index contributed by atoms with van der Waals surface area (Å²) < 4.78 is 2.09. The van der Waals surface area contributed by atoms with Crippen LogP contribution in [0.5, 0.6) is 0 Å². The van der Waals surface area contributed by atoms with Crippen LogP contribution in [0.1, 0.15) is 12.8 Å². The van der Waals surface area contributed by atoms with Crippen LogP contribution < -0.4 is 10.2 Å². The predicted octanol–water partition coefficient (Wildman–Crippen LogP) is 2.60. The Hall–Kier alpha value is -3.15. The van der Waals surface area contributed by atoms with E-state index in [-0.39, 0.29) is 24.2 Å². The van der Waals surface area contributed by atoms with E-state index in [0.717, 1.165) is 29.7 Å². The van der Waals surface area contributed by atoms with Gasteiger partial charge in [-0.1, -0.05) is 18.2 Å². The molecule has 6 heteroatoms. The number of carbonyl (C=O) groups is 2. The molecule has 1 unspecified atom stereocenters. The van der Waals surface area contributed by atoms with Crippen LogP contribution >= 0.6 is 0 Å². The molecule has 0 bridgehead atoms. The first-order chi connectivity index (χ1) is 13.2. The molecule has 1 aliphatic rings. The lowest BCUT2D eigenvalue weighted by molar-refractivity contribution is -0.126. The summed E-state index contributed by atoms with van der Waals surface area (Å²) in [6, 6.07) is 15.5. The molecule has 138 valence electrons. The standard InChI is InChI=1S/C21H22N4O2/c26-19-14-17(15-25(19)18-7-2-1-3-8-18)21(27)23-11-5-12-24-13-9-16-6-4-10-22-20(16)24/h1-4,6-10,13,17H,5,11-12,14-15H2,(H,23,27). The fourth-order valence-corrected chi connectivity index (χ4v) is 3.55. The van der Waals surface area contributed by atoms with Gasteiger partial charge in [-0.2, -0.15) is 0 Å². The number of nitrogens with zero attached hydrogens (tertiary/aromatic N) is 3.